The third-order valence-corrected chi connectivity index (χ3v) is 5.09. The minimum Gasteiger partial charge on any atom is -0.495 e. The number of halogens is 2. The number of benzene rings is 2. The van der Waals surface area contributed by atoms with Crippen LogP contribution >= 0.6 is 23.2 Å². The topological polar surface area (TPSA) is 85.4 Å². The molecule has 0 bridgehead atoms. The average molecular weight is 447 g/mol. The van der Waals surface area contributed by atoms with E-state index in [0.717, 1.165) is 16.5 Å². The summed E-state index contributed by atoms with van der Waals surface area (Å²) in [6.07, 6.45) is 2.93. The summed E-state index contributed by atoms with van der Waals surface area (Å²) in [6.45, 7) is 4.32. The number of ether oxygens (including phenoxy) is 2. The molecule has 3 rings (SSSR count). The van der Waals surface area contributed by atoms with Gasteiger partial charge in [-0.2, -0.15) is 0 Å². The van der Waals surface area contributed by atoms with Gasteiger partial charge in [0.1, 0.15) is 11.5 Å². The number of hydrogen-bond acceptors (Lipinski definition) is 6. The van der Waals surface area contributed by atoms with Crippen molar-refractivity contribution < 1.29 is 14.3 Å². The Labute approximate surface area is 184 Å². The summed E-state index contributed by atoms with van der Waals surface area (Å²) in [5.74, 6) is 1.16. The molecule has 3 aromatic rings. The maximum Gasteiger partial charge on any atom is 0.243 e. The zero-order chi connectivity index (χ0) is 21.7. The molecule has 0 atom stereocenters. The Morgan fingerprint density at radius 2 is 1.83 bits per heavy atom. The third-order valence-electron chi connectivity index (χ3n) is 4.33. The minimum atomic E-state index is -0.227. The van der Waals surface area contributed by atoms with Crippen molar-refractivity contribution in [3.05, 3.63) is 53.2 Å². The summed E-state index contributed by atoms with van der Waals surface area (Å²) in [5, 5.41) is 7.33. The van der Waals surface area contributed by atoms with E-state index >= 15 is 0 Å². The fourth-order valence-corrected chi connectivity index (χ4v) is 3.56. The van der Waals surface area contributed by atoms with E-state index in [1.54, 1.807) is 12.3 Å². The van der Waals surface area contributed by atoms with Gasteiger partial charge in [-0.05, 0) is 23.8 Å². The number of nitrogens with one attached hydrogen (secondary N) is 2. The van der Waals surface area contributed by atoms with Crippen LogP contribution in [0.25, 0.3) is 22.0 Å². The highest BCUT2D eigenvalue weighted by molar-refractivity contribution is 6.41. The van der Waals surface area contributed by atoms with E-state index < -0.39 is 0 Å². The lowest BCUT2D eigenvalue weighted by Gasteiger charge is -2.15. The number of anilines is 1. The van der Waals surface area contributed by atoms with Crippen LogP contribution in [0.4, 0.5) is 5.95 Å². The Bertz CT molecular complexity index is 1080. The normalized spacial score (nSPS) is 10.5. The molecule has 1 amide bonds. The molecule has 1 heterocycles. The van der Waals surface area contributed by atoms with Crippen molar-refractivity contribution >= 4 is 46.0 Å². The highest BCUT2D eigenvalue weighted by Crippen LogP contribution is 2.46. The number of carbonyl (C=O) groups is 1. The van der Waals surface area contributed by atoms with Gasteiger partial charge in [-0.3, -0.25) is 4.79 Å². The SMILES string of the molecule is C=CC(=O)NCCNc1ncc2cc(-c3c(Cl)c(OC)cc(OC)c3Cl)ccc2n1. The minimum absolute atomic E-state index is 0.227. The Hall–Kier alpha value is -3.03. The van der Waals surface area contributed by atoms with Crippen LogP contribution in [0, 0.1) is 0 Å². The van der Waals surface area contributed by atoms with Crippen molar-refractivity contribution in [1.29, 1.82) is 0 Å². The molecule has 0 aliphatic carbocycles. The molecule has 0 fully saturated rings. The summed E-state index contributed by atoms with van der Waals surface area (Å²) in [4.78, 5) is 20.0. The van der Waals surface area contributed by atoms with Crippen molar-refractivity contribution in [2.45, 2.75) is 0 Å². The summed E-state index contributed by atoms with van der Waals surface area (Å²) < 4.78 is 10.7. The van der Waals surface area contributed by atoms with Crippen LogP contribution in [-0.4, -0.2) is 43.2 Å². The van der Waals surface area contributed by atoms with Gasteiger partial charge in [0.2, 0.25) is 11.9 Å². The molecule has 0 unspecified atom stereocenters. The number of aromatic nitrogens is 2. The standard InChI is InChI=1S/C21H20Cl2N4O3/c1-4-17(28)24-7-8-25-21-26-11-13-9-12(5-6-14(13)27-21)18-19(22)15(29-2)10-16(30-3)20(18)23/h4-6,9-11H,1,7-8H2,2-3H3,(H,24,28)(H,25,26,27). The van der Waals surface area contributed by atoms with Crippen molar-refractivity contribution in [1.82, 2.24) is 15.3 Å². The molecule has 0 saturated carbocycles. The van der Waals surface area contributed by atoms with Crippen LogP contribution in [0.3, 0.4) is 0 Å². The molecule has 7 nitrogen and oxygen atoms in total. The third kappa shape index (κ3) is 4.58. The smallest absolute Gasteiger partial charge is 0.243 e. The van der Waals surface area contributed by atoms with Gasteiger partial charge in [-0.15, -0.1) is 0 Å². The Balaban J connectivity index is 1.88. The molecular formula is C21H20Cl2N4O3. The van der Waals surface area contributed by atoms with E-state index in [4.69, 9.17) is 32.7 Å². The van der Waals surface area contributed by atoms with Crippen LogP contribution in [0.15, 0.2) is 43.1 Å². The van der Waals surface area contributed by atoms with Crippen molar-refractivity contribution in [2.75, 3.05) is 32.6 Å². The van der Waals surface area contributed by atoms with E-state index in [-0.39, 0.29) is 5.91 Å². The van der Waals surface area contributed by atoms with Crippen LogP contribution < -0.4 is 20.1 Å². The van der Waals surface area contributed by atoms with Crippen LogP contribution in [-0.2, 0) is 4.79 Å². The van der Waals surface area contributed by atoms with Crippen molar-refractivity contribution in [3.8, 4) is 22.6 Å². The molecule has 0 radical (unpaired) electrons. The largest absolute Gasteiger partial charge is 0.495 e. The summed E-state index contributed by atoms with van der Waals surface area (Å²) in [5.41, 5.74) is 2.14. The number of nitrogens with zero attached hydrogens (tertiary/aromatic N) is 2. The average Bonchev–Trinajstić information content (AvgIpc) is 2.76. The van der Waals surface area contributed by atoms with Crippen molar-refractivity contribution in [2.24, 2.45) is 0 Å². The Kier molecular flexibility index (Phi) is 6.97. The molecule has 0 spiro atoms. The predicted octanol–water partition coefficient (Wildman–Crippen LogP) is 4.33. The second-order valence-electron chi connectivity index (χ2n) is 6.17. The fourth-order valence-electron chi connectivity index (χ4n) is 2.85. The van der Waals surface area contributed by atoms with E-state index in [1.807, 2.05) is 18.2 Å². The van der Waals surface area contributed by atoms with E-state index in [9.17, 15) is 4.79 Å². The lowest BCUT2D eigenvalue weighted by molar-refractivity contribution is -0.116. The second-order valence-corrected chi connectivity index (χ2v) is 6.93. The number of carbonyl (C=O) groups excluding carboxylic acids is 1. The maximum atomic E-state index is 11.2. The highest BCUT2D eigenvalue weighted by atomic mass is 35.5. The molecule has 2 aromatic carbocycles. The lowest BCUT2D eigenvalue weighted by Crippen LogP contribution is -2.27. The quantitative estimate of drug-likeness (QED) is 0.395. The Morgan fingerprint density at radius 3 is 2.47 bits per heavy atom. The second kappa shape index (κ2) is 9.65. The first-order valence-electron chi connectivity index (χ1n) is 8.99. The lowest BCUT2D eigenvalue weighted by atomic mass is 10.0. The van der Waals surface area contributed by atoms with Gasteiger partial charge in [0.15, 0.2) is 0 Å². The van der Waals surface area contributed by atoms with Gasteiger partial charge in [-0.25, -0.2) is 9.97 Å². The van der Waals surface area contributed by atoms with E-state index in [0.29, 0.717) is 46.1 Å². The monoisotopic (exact) mass is 446 g/mol. The van der Waals surface area contributed by atoms with Crippen LogP contribution in [0.1, 0.15) is 0 Å². The van der Waals surface area contributed by atoms with Gasteiger partial charge in [0, 0.05) is 36.3 Å². The number of amides is 1. The van der Waals surface area contributed by atoms with Gasteiger partial charge in [-0.1, -0.05) is 35.8 Å². The van der Waals surface area contributed by atoms with Crippen LogP contribution in [0.5, 0.6) is 11.5 Å². The number of rotatable bonds is 8. The first-order valence-corrected chi connectivity index (χ1v) is 9.75. The van der Waals surface area contributed by atoms with Gasteiger partial charge in [0.25, 0.3) is 0 Å². The predicted molar refractivity (Wildman–Crippen MR) is 120 cm³/mol. The fraction of sp³-hybridized carbons (Fsp3) is 0.190. The van der Waals surface area contributed by atoms with Crippen LogP contribution in [0.2, 0.25) is 10.0 Å². The van der Waals surface area contributed by atoms with E-state index in [1.165, 1.54) is 20.3 Å². The zero-order valence-electron chi connectivity index (χ0n) is 16.5. The van der Waals surface area contributed by atoms with E-state index in [2.05, 4.69) is 27.2 Å². The molecule has 0 aliphatic heterocycles. The van der Waals surface area contributed by atoms with Crippen molar-refractivity contribution in [3.63, 3.8) is 0 Å². The highest BCUT2D eigenvalue weighted by Gasteiger charge is 2.19. The maximum absolute atomic E-state index is 11.2. The molecule has 1 aromatic heterocycles. The van der Waals surface area contributed by atoms with Gasteiger partial charge in [0.05, 0.1) is 29.8 Å². The van der Waals surface area contributed by atoms with Gasteiger partial charge < -0.3 is 20.1 Å². The summed E-state index contributed by atoms with van der Waals surface area (Å²) in [6, 6.07) is 7.27. The number of fused-ring (bicyclic) bond motifs is 1. The zero-order valence-corrected chi connectivity index (χ0v) is 18.0. The molecule has 9 heteroatoms. The first kappa shape index (κ1) is 21.7. The van der Waals surface area contributed by atoms with Gasteiger partial charge >= 0.3 is 0 Å². The molecule has 156 valence electrons. The molecule has 0 aliphatic rings. The molecular weight excluding hydrogens is 427 g/mol. The molecule has 30 heavy (non-hydrogen) atoms. The summed E-state index contributed by atoms with van der Waals surface area (Å²) in [7, 11) is 3.06. The summed E-state index contributed by atoms with van der Waals surface area (Å²) >= 11 is 13.0. The molecule has 2 N–H and O–H groups in total. The molecule has 0 saturated heterocycles. The Morgan fingerprint density at radius 1 is 1.13 bits per heavy atom. The first-order chi connectivity index (χ1) is 14.5. The number of methoxy groups -OCH3 is 2. The number of hydrogen-bond donors (Lipinski definition) is 2.